The van der Waals surface area contributed by atoms with Crippen LogP contribution in [-0.2, 0) is 14.3 Å². The Morgan fingerprint density at radius 2 is 1.94 bits per heavy atom. The number of ether oxygens (including phenoxy) is 2. The molecule has 2 aliphatic rings. The zero-order chi connectivity index (χ0) is 22.2. The molecule has 6 heteroatoms. The minimum atomic E-state index is -0.183. The maximum atomic E-state index is 13.0. The minimum absolute atomic E-state index is 0.0464. The van der Waals surface area contributed by atoms with E-state index in [-0.39, 0.29) is 17.9 Å². The standard InChI is InChI=1S/C26H31N3O3/c1-19-10-11-23-21-12-14-28-25(16-21)27-13-6-3-7-15-31-24(20-8-4-2-5-9-20)17-29-26(30)22(19)18-32-23/h2,4-5,8-9,11-12,14,16,18-19,24H,3,6-7,10,13,15,17H2,1H3,(H,27,28)(H,29,30). The number of hydrogen-bond acceptors (Lipinski definition) is 5. The lowest BCUT2D eigenvalue weighted by atomic mass is 9.97. The molecular weight excluding hydrogens is 402 g/mol. The predicted molar refractivity (Wildman–Crippen MR) is 126 cm³/mol. The van der Waals surface area contributed by atoms with Gasteiger partial charge in [-0.05, 0) is 55.4 Å². The van der Waals surface area contributed by atoms with Gasteiger partial charge in [0.05, 0.1) is 11.7 Å². The van der Waals surface area contributed by atoms with Crippen molar-refractivity contribution in [2.75, 3.05) is 25.0 Å². The number of anilines is 1. The normalized spacial score (nSPS) is 22.7. The number of carbonyl (C=O) groups excluding carboxylic acids is 1. The van der Waals surface area contributed by atoms with Crippen LogP contribution in [0.3, 0.4) is 0 Å². The molecule has 2 aromatic rings. The first-order valence-electron chi connectivity index (χ1n) is 11.4. The van der Waals surface area contributed by atoms with Crippen LogP contribution in [0.1, 0.15) is 49.8 Å². The molecule has 0 radical (unpaired) electrons. The van der Waals surface area contributed by atoms with Gasteiger partial charge in [0.25, 0.3) is 5.91 Å². The number of pyridine rings is 1. The molecule has 2 unspecified atom stereocenters. The first-order valence-corrected chi connectivity index (χ1v) is 11.4. The van der Waals surface area contributed by atoms with Gasteiger partial charge in [-0.25, -0.2) is 4.98 Å². The van der Waals surface area contributed by atoms with Crippen molar-refractivity contribution in [1.29, 1.82) is 0 Å². The predicted octanol–water partition coefficient (Wildman–Crippen LogP) is 4.83. The molecule has 4 bridgehead atoms. The summed E-state index contributed by atoms with van der Waals surface area (Å²) in [5.74, 6) is 1.50. The number of amides is 1. The lowest BCUT2D eigenvalue weighted by molar-refractivity contribution is -0.118. The summed E-state index contributed by atoms with van der Waals surface area (Å²) in [5, 5.41) is 6.47. The summed E-state index contributed by atoms with van der Waals surface area (Å²) >= 11 is 0. The van der Waals surface area contributed by atoms with Gasteiger partial charge in [-0.3, -0.25) is 4.79 Å². The molecule has 3 heterocycles. The number of nitrogens with one attached hydrogen (secondary N) is 2. The van der Waals surface area contributed by atoms with E-state index < -0.39 is 0 Å². The Kier molecular flexibility index (Phi) is 7.56. The van der Waals surface area contributed by atoms with Gasteiger partial charge in [-0.2, -0.15) is 0 Å². The molecule has 0 fully saturated rings. The smallest absolute Gasteiger partial charge is 0.250 e. The molecule has 0 saturated heterocycles. The molecule has 1 aromatic heterocycles. The van der Waals surface area contributed by atoms with Crippen molar-refractivity contribution in [2.45, 2.75) is 38.7 Å². The Morgan fingerprint density at radius 3 is 2.81 bits per heavy atom. The summed E-state index contributed by atoms with van der Waals surface area (Å²) in [4.78, 5) is 17.4. The summed E-state index contributed by atoms with van der Waals surface area (Å²) in [6.45, 7) is 3.97. The Balaban J connectivity index is 1.55. The average Bonchev–Trinajstić information content (AvgIpc) is 3.02. The monoisotopic (exact) mass is 433 g/mol. The molecule has 4 rings (SSSR count). The number of hydrogen-bond donors (Lipinski definition) is 2. The number of allylic oxidation sites excluding steroid dienone is 1. The third-order valence-corrected chi connectivity index (χ3v) is 5.87. The number of aromatic nitrogens is 1. The lowest BCUT2D eigenvalue weighted by Gasteiger charge is -2.20. The number of benzene rings is 1. The summed E-state index contributed by atoms with van der Waals surface area (Å²) in [5.41, 5.74) is 2.65. The quantitative estimate of drug-likeness (QED) is 0.674. The van der Waals surface area contributed by atoms with E-state index in [0.717, 1.165) is 54.9 Å². The molecule has 2 aliphatic heterocycles. The number of fused-ring (bicyclic) bond motifs is 5. The van der Waals surface area contributed by atoms with Crippen LogP contribution < -0.4 is 10.6 Å². The van der Waals surface area contributed by atoms with E-state index in [1.165, 1.54) is 0 Å². The fourth-order valence-electron chi connectivity index (χ4n) is 3.92. The van der Waals surface area contributed by atoms with Crippen molar-refractivity contribution in [3.63, 3.8) is 0 Å². The van der Waals surface area contributed by atoms with E-state index in [4.69, 9.17) is 9.47 Å². The van der Waals surface area contributed by atoms with E-state index in [1.54, 1.807) is 12.5 Å². The van der Waals surface area contributed by atoms with E-state index in [9.17, 15) is 4.79 Å². The van der Waals surface area contributed by atoms with Crippen LogP contribution in [0.25, 0.3) is 5.76 Å². The number of rotatable bonds is 1. The van der Waals surface area contributed by atoms with Crippen molar-refractivity contribution in [2.24, 2.45) is 5.92 Å². The van der Waals surface area contributed by atoms with Gasteiger partial charge in [-0.15, -0.1) is 0 Å². The van der Waals surface area contributed by atoms with E-state index >= 15 is 0 Å². The van der Waals surface area contributed by atoms with Gasteiger partial charge in [0, 0.05) is 31.5 Å². The van der Waals surface area contributed by atoms with E-state index in [1.807, 2.05) is 55.5 Å². The van der Waals surface area contributed by atoms with E-state index in [0.29, 0.717) is 18.7 Å². The SMILES string of the molecule is CC1CC=C2OC=C1C(=O)NCC(c1ccccc1)OCCCCCNc1cc2ccn1. The van der Waals surface area contributed by atoms with Crippen LogP contribution in [0.2, 0.25) is 0 Å². The molecule has 0 saturated carbocycles. The van der Waals surface area contributed by atoms with E-state index in [2.05, 4.69) is 15.6 Å². The molecule has 2 atom stereocenters. The molecule has 6 nitrogen and oxygen atoms in total. The van der Waals surface area contributed by atoms with Gasteiger partial charge in [-0.1, -0.05) is 37.3 Å². The molecule has 168 valence electrons. The zero-order valence-electron chi connectivity index (χ0n) is 18.5. The van der Waals surface area contributed by atoms with Gasteiger partial charge in [0.15, 0.2) is 0 Å². The maximum absolute atomic E-state index is 13.0. The third kappa shape index (κ3) is 5.77. The fraction of sp³-hybridized carbons (Fsp3) is 0.385. The Bertz CT molecular complexity index is 971. The highest BCUT2D eigenvalue weighted by Gasteiger charge is 2.22. The second-order valence-corrected chi connectivity index (χ2v) is 8.29. The molecule has 0 aliphatic carbocycles. The van der Waals surface area contributed by atoms with Crippen LogP contribution in [0, 0.1) is 5.92 Å². The van der Waals surface area contributed by atoms with Crippen LogP contribution in [0.5, 0.6) is 0 Å². The van der Waals surface area contributed by atoms with Crippen LogP contribution in [-0.4, -0.2) is 30.6 Å². The molecule has 32 heavy (non-hydrogen) atoms. The van der Waals surface area contributed by atoms with Crippen LogP contribution >= 0.6 is 0 Å². The first-order chi connectivity index (χ1) is 15.7. The summed E-state index contributed by atoms with van der Waals surface area (Å²) in [6.07, 6.45) is 9.01. The third-order valence-electron chi connectivity index (χ3n) is 5.87. The van der Waals surface area contributed by atoms with Crippen molar-refractivity contribution in [1.82, 2.24) is 10.3 Å². The zero-order valence-corrected chi connectivity index (χ0v) is 18.5. The Morgan fingerprint density at radius 1 is 1.06 bits per heavy atom. The second kappa shape index (κ2) is 11.0. The van der Waals surface area contributed by atoms with Gasteiger partial charge >= 0.3 is 0 Å². The largest absolute Gasteiger partial charge is 0.464 e. The highest BCUT2D eigenvalue weighted by Crippen LogP contribution is 2.28. The number of carbonyl (C=O) groups is 1. The Labute approximate surface area is 189 Å². The lowest BCUT2D eigenvalue weighted by Crippen LogP contribution is -2.32. The minimum Gasteiger partial charge on any atom is -0.464 e. The number of nitrogens with zero attached hydrogens (tertiary/aromatic N) is 1. The molecule has 1 aromatic carbocycles. The van der Waals surface area contributed by atoms with Crippen LogP contribution in [0.15, 0.2) is 66.6 Å². The van der Waals surface area contributed by atoms with Gasteiger partial charge in [0.1, 0.15) is 17.8 Å². The maximum Gasteiger partial charge on any atom is 0.250 e. The second-order valence-electron chi connectivity index (χ2n) is 8.29. The molecule has 0 spiro atoms. The first kappa shape index (κ1) is 22.1. The highest BCUT2D eigenvalue weighted by atomic mass is 16.5. The summed E-state index contributed by atoms with van der Waals surface area (Å²) in [6, 6.07) is 14.0. The topological polar surface area (TPSA) is 72.5 Å². The fourth-order valence-corrected chi connectivity index (χ4v) is 3.92. The Hall–Kier alpha value is -3.12. The van der Waals surface area contributed by atoms with Crippen molar-refractivity contribution in [3.05, 3.63) is 77.7 Å². The van der Waals surface area contributed by atoms with Crippen molar-refractivity contribution >= 4 is 17.5 Å². The molecule has 1 amide bonds. The van der Waals surface area contributed by atoms with Gasteiger partial charge in [0.2, 0.25) is 0 Å². The van der Waals surface area contributed by atoms with Crippen molar-refractivity contribution < 1.29 is 14.3 Å². The summed E-state index contributed by atoms with van der Waals surface area (Å²) in [7, 11) is 0. The van der Waals surface area contributed by atoms with Gasteiger partial charge < -0.3 is 20.1 Å². The molecule has 2 N–H and O–H groups in total. The van der Waals surface area contributed by atoms with Crippen LogP contribution in [0.4, 0.5) is 5.82 Å². The highest BCUT2D eigenvalue weighted by molar-refractivity contribution is 5.94. The summed E-state index contributed by atoms with van der Waals surface area (Å²) < 4.78 is 12.1. The average molecular weight is 434 g/mol. The van der Waals surface area contributed by atoms with Crippen molar-refractivity contribution in [3.8, 4) is 0 Å². The molecular formula is C26H31N3O3.